The summed E-state index contributed by atoms with van der Waals surface area (Å²) in [6.07, 6.45) is 13.8. The fraction of sp³-hybridized carbons (Fsp3) is 1.00. The first-order chi connectivity index (χ1) is 13.2. The highest BCUT2D eigenvalue weighted by atomic mass is 32.2. The molecule has 4 rings (SSSR count). The molecular formula is C23H40O4S. The van der Waals surface area contributed by atoms with Gasteiger partial charge in [0, 0.05) is 0 Å². The Morgan fingerprint density at radius 3 is 2.50 bits per heavy atom. The van der Waals surface area contributed by atoms with Crippen LogP contribution in [0.15, 0.2) is 0 Å². The molecule has 2 N–H and O–H groups in total. The molecule has 4 aliphatic rings. The Hall–Kier alpha value is -0.130. The molecule has 0 aromatic heterocycles. The van der Waals surface area contributed by atoms with E-state index in [0.717, 1.165) is 31.1 Å². The molecule has 0 aromatic rings. The predicted octanol–water partition coefficient (Wildman–Crippen LogP) is 5.06. The van der Waals surface area contributed by atoms with Crippen LogP contribution in [0.3, 0.4) is 0 Å². The lowest BCUT2D eigenvalue weighted by atomic mass is 9.44. The van der Waals surface area contributed by atoms with Crippen LogP contribution in [0.1, 0.15) is 90.9 Å². The molecule has 0 aliphatic heterocycles. The van der Waals surface area contributed by atoms with Gasteiger partial charge in [0.25, 0.3) is 10.1 Å². The lowest BCUT2D eigenvalue weighted by Gasteiger charge is -2.62. The minimum atomic E-state index is -3.85. The summed E-state index contributed by atoms with van der Waals surface area (Å²) < 4.78 is 30.9. The Bertz CT molecular complexity index is 676. The van der Waals surface area contributed by atoms with Crippen molar-refractivity contribution in [3.05, 3.63) is 0 Å². The quantitative estimate of drug-likeness (QED) is 0.489. The second-order valence-electron chi connectivity index (χ2n) is 11.1. The maximum Gasteiger partial charge on any atom is 0.264 e. The first kappa shape index (κ1) is 21.1. The van der Waals surface area contributed by atoms with E-state index in [1.165, 1.54) is 51.4 Å². The van der Waals surface area contributed by atoms with E-state index >= 15 is 0 Å². The van der Waals surface area contributed by atoms with Gasteiger partial charge in [-0.1, -0.05) is 33.1 Å². The number of unbranched alkanes of at least 4 members (excludes halogenated alkanes) is 1. The maximum absolute atomic E-state index is 11.4. The monoisotopic (exact) mass is 412 g/mol. The Kier molecular flexibility index (Phi) is 5.68. The van der Waals surface area contributed by atoms with Crippen LogP contribution >= 0.6 is 0 Å². The third kappa shape index (κ3) is 3.47. The summed E-state index contributed by atoms with van der Waals surface area (Å²) >= 11 is 0. The number of fused-ring (bicyclic) bond motifs is 5. The molecule has 0 bridgehead atoms. The van der Waals surface area contributed by atoms with Gasteiger partial charge < -0.3 is 5.11 Å². The van der Waals surface area contributed by atoms with E-state index in [1.54, 1.807) is 0 Å². The van der Waals surface area contributed by atoms with E-state index in [9.17, 15) is 13.5 Å². The molecule has 0 aromatic carbocycles. The first-order valence-corrected chi connectivity index (χ1v) is 13.4. The molecule has 4 aliphatic carbocycles. The molecule has 0 radical (unpaired) electrons. The summed E-state index contributed by atoms with van der Waals surface area (Å²) in [4.78, 5) is 0. The number of hydrogen-bond donors (Lipinski definition) is 2. The molecule has 28 heavy (non-hydrogen) atoms. The third-order valence-corrected chi connectivity index (χ3v) is 10.9. The van der Waals surface area contributed by atoms with Crippen molar-refractivity contribution in [1.29, 1.82) is 0 Å². The van der Waals surface area contributed by atoms with Crippen molar-refractivity contribution in [3.63, 3.8) is 0 Å². The zero-order valence-electron chi connectivity index (χ0n) is 17.8. The molecule has 4 nitrogen and oxygen atoms in total. The van der Waals surface area contributed by atoms with Crippen molar-refractivity contribution in [1.82, 2.24) is 0 Å². The van der Waals surface area contributed by atoms with Gasteiger partial charge in [-0.2, -0.15) is 8.42 Å². The van der Waals surface area contributed by atoms with Gasteiger partial charge in [0.05, 0.1) is 11.9 Å². The van der Waals surface area contributed by atoms with Gasteiger partial charge in [0.1, 0.15) is 0 Å². The molecule has 8 atom stereocenters. The predicted molar refractivity (Wildman–Crippen MR) is 111 cm³/mol. The summed E-state index contributed by atoms with van der Waals surface area (Å²) in [6, 6.07) is 0. The standard InChI is InChI=1S/C23H40O4S/c1-22-13-5-3-7-16(22)9-11-18-19-12-10-17(8-4-6-14-28(25,26)27)23(19,2)21(24)15-20(18)22/h16-21,24H,3-15H2,1-2H3,(H,25,26,27). The van der Waals surface area contributed by atoms with Gasteiger partial charge in [-0.05, 0) is 98.2 Å². The number of aliphatic hydroxyl groups excluding tert-OH is 1. The van der Waals surface area contributed by atoms with E-state index in [-0.39, 0.29) is 17.3 Å². The Morgan fingerprint density at radius 2 is 1.75 bits per heavy atom. The van der Waals surface area contributed by atoms with E-state index in [4.69, 9.17) is 4.55 Å². The number of rotatable bonds is 5. The Labute approximate surface area is 171 Å². The number of hydrogen-bond acceptors (Lipinski definition) is 3. The second-order valence-corrected chi connectivity index (χ2v) is 12.6. The molecule has 0 spiro atoms. The van der Waals surface area contributed by atoms with Gasteiger partial charge in [0.2, 0.25) is 0 Å². The average Bonchev–Trinajstić information content (AvgIpc) is 2.96. The van der Waals surface area contributed by atoms with Gasteiger partial charge in [-0.15, -0.1) is 0 Å². The summed E-state index contributed by atoms with van der Waals surface area (Å²) in [5, 5.41) is 11.4. The smallest absolute Gasteiger partial charge is 0.264 e. The van der Waals surface area contributed by atoms with Crippen LogP contribution < -0.4 is 0 Å². The summed E-state index contributed by atoms with van der Waals surface area (Å²) in [6.45, 7) is 4.89. The molecule has 162 valence electrons. The van der Waals surface area contributed by atoms with Crippen LogP contribution in [-0.2, 0) is 10.1 Å². The maximum atomic E-state index is 11.4. The molecule has 4 saturated carbocycles. The SMILES string of the molecule is CC12CCCCC1CCC1C2CC(O)C2(C)C(CCCCS(=O)(=O)O)CCC12. The van der Waals surface area contributed by atoms with Crippen LogP contribution in [0.25, 0.3) is 0 Å². The minimum absolute atomic E-state index is 0.00286. The molecule has 0 heterocycles. The van der Waals surface area contributed by atoms with Crippen molar-refractivity contribution in [2.75, 3.05) is 5.75 Å². The normalized spacial score (nSPS) is 48.6. The topological polar surface area (TPSA) is 74.6 Å². The van der Waals surface area contributed by atoms with Crippen molar-refractivity contribution in [3.8, 4) is 0 Å². The number of aliphatic hydroxyl groups is 1. The lowest BCUT2D eigenvalue weighted by Crippen LogP contribution is -2.57. The van der Waals surface area contributed by atoms with Gasteiger partial charge in [0.15, 0.2) is 0 Å². The van der Waals surface area contributed by atoms with Crippen molar-refractivity contribution in [2.45, 2.75) is 97.0 Å². The van der Waals surface area contributed by atoms with Gasteiger partial charge in [-0.3, -0.25) is 4.55 Å². The summed E-state index contributed by atoms with van der Waals surface area (Å²) in [5.41, 5.74) is 0.439. The zero-order valence-corrected chi connectivity index (χ0v) is 18.6. The highest BCUT2D eigenvalue weighted by Gasteiger charge is 2.62. The van der Waals surface area contributed by atoms with Crippen molar-refractivity contribution >= 4 is 10.1 Å². The molecular weight excluding hydrogens is 372 g/mol. The minimum Gasteiger partial charge on any atom is -0.393 e. The largest absolute Gasteiger partial charge is 0.393 e. The van der Waals surface area contributed by atoms with E-state index in [1.807, 2.05) is 0 Å². The fourth-order valence-electron chi connectivity index (χ4n) is 8.53. The van der Waals surface area contributed by atoms with Crippen LogP contribution in [0, 0.1) is 40.4 Å². The van der Waals surface area contributed by atoms with Crippen LogP contribution in [0.4, 0.5) is 0 Å². The van der Waals surface area contributed by atoms with Crippen LogP contribution in [0.5, 0.6) is 0 Å². The lowest BCUT2D eigenvalue weighted by molar-refractivity contribution is -0.164. The van der Waals surface area contributed by atoms with Gasteiger partial charge in [-0.25, -0.2) is 0 Å². The summed E-state index contributed by atoms with van der Waals surface area (Å²) in [7, 11) is -3.85. The Morgan fingerprint density at radius 1 is 0.964 bits per heavy atom. The molecule has 5 heteroatoms. The summed E-state index contributed by atoms with van der Waals surface area (Å²) in [5.74, 6) is 3.33. The Balaban J connectivity index is 1.47. The second kappa shape index (κ2) is 7.53. The van der Waals surface area contributed by atoms with Crippen molar-refractivity contribution in [2.24, 2.45) is 40.4 Å². The molecule has 4 fully saturated rings. The molecule has 8 unspecified atom stereocenters. The van der Waals surface area contributed by atoms with E-state index < -0.39 is 10.1 Å². The van der Waals surface area contributed by atoms with Crippen LogP contribution in [0.2, 0.25) is 0 Å². The molecule has 0 saturated heterocycles. The first-order valence-electron chi connectivity index (χ1n) is 11.8. The van der Waals surface area contributed by atoms with Crippen LogP contribution in [-0.4, -0.2) is 29.9 Å². The fourth-order valence-corrected chi connectivity index (χ4v) is 9.10. The molecule has 0 amide bonds. The zero-order chi connectivity index (χ0) is 20.2. The highest BCUT2D eigenvalue weighted by molar-refractivity contribution is 7.85. The van der Waals surface area contributed by atoms with E-state index in [0.29, 0.717) is 29.6 Å². The highest BCUT2D eigenvalue weighted by Crippen LogP contribution is 2.67. The van der Waals surface area contributed by atoms with E-state index in [2.05, 4.69) is 13.8 Å². The average molecular weight is 413 g/mol. The van der Waals surface area contributed by atoms with Crippen molar-refractivity contribution < 1.29 is 18.1 Å². The van der Waals surface area contributed by atoms with Gasteiger partial charge >= 0.3 is 0 Å². The third-order valence-electron chi connectivity index (χ3n) is 10.1.